The fourth-order valence-corrected chi connectivity index (χ4v) is 1.98. The number of rotatable bonds is 7. The Morgan fingerprint density at radius 3 is 2.56 bits per heavy atom. The highest BCUT2D eigenvalue weighted by molar-refractivity contribution is 5.14. The molecule has 0 spiro atoms. The average molecular weight is 254 g/mol. The highest BCUT2D eigenvalue weighted by atomic mass is 19.3. The second kappa shape index (κ2) is 5.76. The first kappa shape index (κ1) is 13.4. The fourth-order valence-electron chi connectivity index (χ4n) is 1.98. The van der Waals surface area contributed by atoms with Crippen molar-refractivity contribution in [2.75, 3.05) is 20.1 Å². The summed E-state index contributed by atoms with van der Waals surface area (Å²) in [6.07, 6.45) is 2.08. The number of hydrogen-bond acceptors (Lipinski definition) is 2. The Morgan fingerprint density at radius 1 is 1.28 bits per heavy atom. The van der Waals surface area contributed by atoms with E-state index >= 15 is 0 Å². The van der Waals surface area contributed by atoms with Crippen LogP contribution in [0.5, 0.6) is 0 Å². The third-order valence-electron chi connectivity index (χ3n) is 3.02. The van der Waals surface area contributed by atoms with Crippen molar-refractivity contribution in [3.8, 4) is 0 Å². The molecule has 0 unspecified atom stereocenters. The molecule has 0 aliphatic heterocycles. The van der Waals surface area contributed by atoms with Crippen molar-refractivity contribution in [2.24, 2.45) is 0 Å². The van der Waals surface area contributed by atoms with Gasteiger partial charge in [0.2, 0.25) is 0 Å². The second-order valence-corrected chi connectivity index (χ2v) is 5.17. The van der Waals surface area contributed by atoms with Gasteiger partial charge < -0.3 is 5.32 Å². The molecular weight excluding hydrogens is 234 g/mol. The van der Waals surface area contributed by atoms with E-state index in [2.05, 4.69) is 5.32 Å². The third kappa shape index (κ3) is 4.70. The minimum absolute atomic E-state index is 0.207. The van der Waals surface area contributed by atoms with E-state index in [1.54, 1.807) is 11.9 Å². The molecule has 0 aromatic heterocycles. The van der Waals surface area contributed by atoms with E-state index in [0.717, 1.165) is 18.4 Å². The molecule has 1 N–H and O–H groups in total. The Balaban J connectivity index is 1.76. The van der Waals surface area contributed by atoms with E-state index in [1.807, 2.05) is 30.3 Å². The van der Waals surface area contributed by atoms with Gasteiger partial charge in [0.05, 0.1) is 13.1 Å². The molecule has 0 atom stereocenters. The predicted octanol–water partition coefficient (Wildman–Crippen LogP) is 2.51. The van der Waals surface area contributed by atoms with Crippen LogP contribution in [0.3, 0.4) is 0 Å². The Kier molecular flexibility index (Phi) is 4.30. The van der Waals surface area contributed by atoms with Crippen LogP contribution >= 0.6 is 0 Å². The van der Waals surface area contributed by atoms with Crippen molar-refractivity contribution in [2.45, 2.75) is 31.4 Å². The van der Waals surface area contributed by atoms with E-state index in [-0.39, 0.29) is 13.1 Å². The van der Waals surface area contributed by atoms with Crippen LogP contribution in [0.2, 0.25) is 0 Å². The zero-order valence-corrected chi connectivity index (χ0v) is 10.7. The zero-order valence-electron chi connectivity index (χ0n) is 10.7. The summed E-state index contributed by atoms with van der Waals surface area (Å²) in [5.41, 5.74) is 1.06. The smallest absolute Gasteiger partial charge is 0.272 e. The molecule has 0 heterocycles. The van der Waals surface area contributed by atoms with E-state index < -0.39 is 5.92 Å². The van der Waals surface area contributed by atoms with Crippen molar-refractivity contribution in [1.82, 2.24) is 10.2 Å². The number of nitrogens with zero attached hydrogens (tertiary/aromatic N) is 1. The molecule has 2 nitrogen and oxygen atoms in total. The number of nitrogens with one attached hydrogen (secondary N) is 1. The van der Waals surface area contributed by atoms with Crippen LogP contribution in [0.1, 0.15) is 18.4 Å². The molecule has 1 fully saturated rings. The van der Waals surface area contributed by atoms with Gasteiger partial charge in [-0.15, -0.1) is 0 Å². The number of halogens is 2. The van der Waals surface area contributed by atoms with Crippen LogP contribution in [-0.2, 0) is 6.54 Å². The number of benzene rings is 1. The van der Waals surface area contributed by atoms with E-state index in [1.165, 1.54) is 0 Å². The molecule has 0 radical (unpaired) electrons. The van der Waals surface area contributed by atoms with Crippen LogP contribution in [0, 0.1) is 0 Å². The summed E-state index contributed by atoms with van der Waals surface area (Å²) < 4.78 is 27.3. The van der Waals surface area contributed by atoms with Crippen LogP contribution in [-0.4, -0.2) is 37.0 Å². The molecular formula is C14H20F2N2. The van der Waals surface area contributed by atoms with Gasteiger partial charge in [0.15, 0.2) is 0 Å². The summed E-state index contributed by atoms with van der Waals surface area (Å²) in [6.45, 7) is 0.137. The monoisotopic (exact) mass is 254 g/mol. The Morgan fingerprint density at radius 2 is 1.94 bits per heavy atom. The molecule has 1 aliphatic rings. The number of alkyl halides is 2. The topological polar surface area (TPSA) is 15.3 Å². The van der Waals surface area contributed by atoms with E-state index in [0.29, 0.717) is 12.6 Å². The van der Waals surface area contributed by atoms with E-state index in [9.17, 15) is 8.78 Å². The summed E-state index contributed by atoms with van der Waals surface area (Å²) in [5.74, 6) is -2.66. The van der Waals surface area contributed by atoms with Gasteiger partial charge in [-0.3, -0.25) is 4.90 Å². The van der Waals surface area contributed by atoms with Crippen LogP contribution in [0.4, 0.5) is 8.78 Å². The van der Waals surface area contributed by atoms with Gasteiger partial charge in [-0.25, -0.2) is 8.78 Å². The molecule has 100 valence electrons. The fraction of sp³-hybridized carbons (Fsp3) is 0.571. The van der Waals surface area contributed by atoms with Gasteiger partial charge in [0.25, 0.3) is 5.92 Å². The molecule has 1 aliphatic carbocycles. The van der Waals surface area contributed by atoms with Gasteiger partial charge >= 0.3 is 0 Å². The van der Waals surface area contributed by atoms with Crippen molar-refractivity contribution in [1.29, 1.82) is 0 Å². The van der Waals surface area contributed by atoms with Crippen LogP contribution in [0.25, 0.3) is 0 Å². The van der Waals surface area contributed by atoms with Gasteiger partial charge in [-0.2, -0.15) is 0 Å². The van der Waals surface area contributed by atoms with Gasteiger partial charge in [0, 0.05) is 12.6 Å². The summed E-state index contributed by atoms with van der Waals surface area (Å²) in [6, 6.07) is 10.0. The third-order valence-corrected chi connectivity index (χ3v) is 3.02. The predicted molar refractivity (Wildman–Crippen MR) is 68.7 cm³/mol. The summed E-state index contributed by atoms with van der Waals surface area (Å²) >= 11 is 0. The normalized spacial score (nSPS) is 16.2. The lowest BCUT2D eigenvalue weighted by Gasteiger charge is -2.24. The maximum Gasteiger partial charge on any atom is 0.272 e. The average Bonchev–Trinajstić information content (AvgIpc) is 3.10. The summed E-state index contributed by atoms with van der Waals surface area (Å²) in [5, 5.41) is 2.89. The highest BCUT2D eigenvalue weighted by Gasteiger charge is 2.33. The zero-order chi connectivity index (χ0) is 13.0. The van der Waals surface area contributed by atoms with Crippen molar-refractivity contribution in [3.63, 3.8) is 0 Å². The molecule has 1 saturated carbocycles. The SMILES string of the molecule is CN(Cc1ccccc1)CC(F)(F)CNC1CC1. The maximum atomic E-state index is 13.7. The first-order chi connectivity index (χ1) is 8.55. The van der Waals surface area contributed by atoms with Gasteiger partial charge in [-0.1, -0.05) is 30.3 Å². The molecule has 0 bridgehead atoms. The molecule has 1 aromatic carbocycles. The molecule has 18 heavy (non-hydrogen) atoms. The highest BCUT2D eigenvalue weighted by Crippen LogP contribution is 2.21. The van der Waals surface area contributed by atoms with Crippen LogP contribution in [0.15, 0.2) is 30.3 Å². The molecule has 4 heteroatoms. The maximum absolute atomic E-state index is 13.7. The quantitative estimate of drug-likeness (QED) is 0.804. The Labute approximate surface area is 107 Å². The Hall–Kier alpha value is -1.00. The van der Waals surface area contributed by atoms with Crippen LogP contribution < -0.4 is 5.32 Å². The minimum Gasteiger partial charge on any atom is -0.308 e. The van der Waals surface area contributed by atoms with Gasteiger partial charge in [0.1, 0.15) is 0 Å². The first-order valence-corrected chi connectivity index (χ1v) is 6.39. The molecule has 0 saturated heterocycles. The summed E-state index contributed by atoms with van der Waals surface area (Å²) in [4.78, 5) is 1.67. The summed E-state index contributed by atoms with van der Waals surface area (Å²) in [7, 11) is 1.73. The largest absolute Gasteiger partial charge is 0.308 e. The lowest BCUT2D eigenvalue weighted by Crippen LogP contribution is -2.42. The second-order valence-electron chi connectivity index (χ2n) is 5.17. The van der Waals surface area contributed by atoms with E-state index in [4.69, 9.17) is 0 Å². The standard InChI is InChI=1S/C14H20F2N2/c1-18(9-12-5-3-2-4-6-12)11-14(15,16)10-17-13-7-8-13/h2-6,13,17H,7-11H2,1H3. The molecule has 0 amide bonds. The van der Waals surface area contributed by atoms with Gasteiger partial charge in [-0.05, 0) is 25.5 Å². The molecule has 2 rings (SSSR count). The lowest BCUT2D eigenvalue weighted by molar-refractivity contribution is -0.0267. The van der Waals surface area contributed by atoms with Crippen molar-refractivity contribution in [3.05, 3.63) is 35.9 Å². The first-order valence-electron chi connectivity index (χ1n) is 6.39. The molecule has 1 aromatic rings. The minimum atomic E-state index is -2.66. The lowest BCUT2D eigenvalue weighted by atomic mass is 10.2. The van der Waals surface area contributed by atoms with Crippen molar-refractivity contribution >= 4 is 0 Å². The number of hydrogen-bond donors (Lipinski definition) is 1. The van der Waals surface area contributed by atoms with Crippen molar-refractivity contribution < 1.29 is 8.78 Å². The Bertz CT molecular complexity index is 363.